The first-order chi connectivity index (χ1) is 15.8. The van der Waals surface area contributed by atoms with Crippen LogP contribution in [0, 0.1) is 20.8 Å². The van der Waals surface area contributed by atoms with Crippen LogP contribution in [0.15, 0.2) is 64.4 Å². The molecule has 0 fully saturated rings. The van der Waals surface area contributed by atoms with Crippen molar-refractivity contribution in [3.63, 3.8) is 0 Å². The van der Waals surface area contributed by atoms with Crippen LogP contribution in [0.25, 0.3) is 0 Å². The molecule has 7 heteroatoms. The van der Waals surface area contributed by atoms with Gasteiger partial charge in [0.2, 0.25) is 5.91 Å². The molecule has 168 valence electrons. The van der Waals surface area contributed by atoms with Gasteiger partial charge in [-0.15, -0.1) is 0 Å². The number of aryl methyl sites for hydroxylation is 3. The number of esters is 1. The molecule has 33 heavy (non-hydrogen) atoms. The van der Waals surface area contributed by atoms with Crippen molar-refractivity contribution in [2.45, 2.75) is 30.6 Å². The molecule has 1 N–H and O–H groups in total. The first-order valence-electron chi connectivity index (χ1n) is 10.5. The van der Waals surface area contributed by atoms with E-state index in [0.29, 0.717) is 16.8 Å². The summed E-state index contributed by atoms with van der Waals surface area (Å²) in [6.07, 6.45) is 0. The van der Waals surface area contributed by atoms with Gasteiger partial charge < -0.3 is 10.1 Å². The maximum atomic E-state index is 13.5. The lowest BCUT2D eigenvalue weighted by atomic mass is 10.1. The molecule has 0 radical (unpaired) electrons. The highest BCUT2D eigenvalue weighted by atomic mass is 32.2. The molecule has 0 unspecified atom stereocenters. The van der Waals surface area contributed by atoms with Crippen LogP contribution in [0.5, 0.6) is 0 Å². The second-order valence-corrected chi connectivity index (χ2v) is 9.07. The summed E-state index contributed by atoms with van der Waals surface area (Å²) < 4.78 is 4.85. The lowest BCUT2D eigenvalue weighted by Crippen LogP contribution is -2.38. The third-order valence-corrected chi connectivity index (χ3v) is 6.64. The highest BCUT2D eigenvalue weighted by molar-refractivity contribution is 7.99. The van der Waals surface area contributed by atoms with Crippen LogP contribution in [0.3, 0.4) is 0 Å². The number of hydrogen-bond acceptors (Lipinski definition) is 5. The van der Waals surface area contributed by atoms with Gasteiger partial charge in [0, 0.05) is 15.5 Å². The van der Waals surface area contributed by atoms with Gasteiger partial charge in [-0.2, -0.15) is 0 Å². The maximum absolute atomic E-state index is 13.5. The Kier molecular flexibility index (Phi) is 6.24. The molecule has 4 rings (SSSR count). The minimum Gasteiger partial charge on any atom is -0.465 e. The molecule has 1 aliphatic rings. The number of carbonyl (C=O) groups excluding carboxylic acids is 3. The van der Waals surface area contributed by atoms with Crippen LogP contribution in [0.2, 0.25) is 0 Å². The smallest absolute Gasteiger partial charge is 0.337 e. The van der Waals surface area contributed by atoms with Crippen LogP contribution >= 0.6 is 11.8 Å². The van der Waals surface area contributed by atoms with Crippen molar-refractivity contribution in [2.24, 2.45) is 0 Å². The van der Waals surface area contributed by atoms with Gasteiger partial charge in [-0.05, 0) is 62.2 Å². The van der Waals surface area contributed by atoms with Crippen LogP contribution in [0.4, 0.5) is 11.4 Å². The average molecular weight is 461 g/mol. The number of fused-ring (bicyclic) bond motifs is 2. The maximum Gasteiger partial charge on any atom is 0.337 e. The number of rotatable bonds is 4. The molecule has 1 aliphatic heterocycles. The average Bonchev–Trinajstić information content (AvgIpc) is 2.90. The minimum atomic E-state index is -0.507. The molecule has 0 spiro atoms. The van der Waals surface area contributed by atoms with Crippen LogP contribution < -0.4 is 10.2 Å². The van der Waals surface area contributed by atoms with Gasteiger partial charge in [0.1, 0.15) is 6.54 Å². The normalized spacial score (nSPS) is 12.5. The minimum absolute atomic E-state index is 0.196. The number of carbonyl (C=O) groups is 3. The zero-order chi connectivity index (χ0) is 23.7. The first-order valence-corrected chi connectivity index (χ1v) is 11.3. The van der Waals surface area contributed by atoms with Gasteiger partial charge in [0.05, 0.1) is 23.9 Å². The van der Waals surface area contributed by atoms with Crippen LogP contribution in [0.1, 0.15) is 37.4 Å². The molecule has 0 aromatic heterocycles. The molecule has 3 aromatic rings. The summed E-state index contributed by atoms with van der Waals surface area (Å²) in [5.74, 6) is -1.13. The fourth-order valence-corrected chi connectivity index (χ4v) is 5.08. The van der Waals surface area contributed by atoms with Gasteiger partial charge in [-0.25, -0.2) is 4.79 Å². The van der Waals surface area contributed by atoms with Crippen LogP contribution in [-0.4, -0.2) is 31.4 Å². The zero-order valence-corrected chi connectivity index (χ0v) is 19.7. The second kappa shape index (κ2) is 9.11. The van der Waals surface area contributed by atoms with Crippen molar-refractivity contribution in [2.75, 3.05) is 23.9 Å². The lowest BCUT2D eigenvalue weighted by Gasteiger charge is -2.23. The molecule has 6 nitrogen and oxygen atoms in total. The predicted octanol–water partition coefficient (Wildman–Crippen LogP) is 5.15. The molecular weight excluding hydrogens is 436 g/mol. The van der Waals surface area contributed by atoms with E-state index in [0.717, 1.165) is 32.2 Å². The summed E-state index contributed by atoms with van der Waals surface area (Å²) in [6.45, 7) is 5.69. The second-order valence-electron chi connectivity index (χ2n) is 7.99. The van der Waals surface area contributed by atoms with E-state index in [4.69, 9.17) is 4.74 Å². The summed E-state index contributed by atoms with van der Waals surface area (Å²) in [5.41, 5.74) is 5.08. The fraction of sp³-hybridized carbons (Fsp3) is 0.192. The largest absolute Gasteiger partial charge is 0.465 e. The van der Waals surface area contributed by atoms with E-state index in [2.05, 4.69) is 5.32 Å². The Morgan fingerprint density at radius 1 is 0.970 bits per heavy atom. The van der Waals surface area contributed by atoms with E-state index in [1.807, 2.05) is 45.0 Å². The molecule has 0 saturated heterocycles. The third kappa shape index (κ3) is 4.50. The summed E-state index contributed by atoms with van der Waals surface area (Å²) in [4.78, 5) is 41.8. The highest BCUT2D eigenvalue weighted by Crippen LogP contribution is 2.41. The van der Waals surface area contributed by atoms with E-state index in [9.17, 15) is 14.4 Å². The van der Waals surface area contributed by atoms with Crippen molar-refractivity contribution in [3.8, 4) is 0 Å². The molecular formula is C26H24N2O4S. The van der Waals surface area contributed by atoms with E-state index in [1.54, 1.807) is 30.3 Å². The fourth-order valence-electron chi connectivity index (χ4n) is 4.02. The Balaban J connectivity index is 1.73. The number of amides is 2. The Morgan fingerprint density at radius 2 is 1.67 bits per heavy atom. The van der Waals surface area contributed by atoms with Crippen LogP contribution in [-0.2, 0) is 9.53 Å². The Labute approximate surface area is 196 Å². The first kappa shape index (κ1) is 22.6. The monoisotopic (exact) mass is 460 g/mol. The van der Waals surface area contributed by atoms with Gasteiger partial charge in [0.15, 0.2) is 0 Å². The molecule has 0 aliphatic carbocycles. The summed E-state index contributed by atoms with van der Waals surface area (Å²) in [7, 11) is 1.31. The van der Waals surface area contributed by atoms with E-state index < -0.39 is 5.97 Å². The van der Waals surface area contributed by atoms with Gasteiger partial charge in [-0.1, -0.05) is 41.6 Å². The SMILES string of the molecule is COC(=O)c1ccc2c(c1)N(CC(=O)Nc1c(C)cc(C)cc1C)C(=O)c1ccccc1S2. The Morgan fingerprint density at radius 3 is 2.36 bits per heavy atom. The third-order valence-electron chi connectivity index (χ3n) is 5.50. The molecule has 2 amide bonds. The molecule has 0 saturated carbocycles. The number of methoxy groups -OCH3 is 1. The van der Waals surface area contributed by atoms with Crippen molar-refractivity contribution in [1.29, 1.82) is 0 Å². The molecule has 3 aromatic carbocycles. The van der Waals surface area contributed by atoms with E-state index in [-0.39, 0.29) is 18.4 Å². The molecule has 0 bridgehead atoms. The Bertz CT molecular complexity index is 1260. The topological polar surface area (TPSA) is 75.7 Å². The zero-order valence-electron chi connectivity index (χ0n) is 18.9. The van der Waals surface area contributed by atoms with Gasteiger partial charge in [-0.3, -0.25) is 14.5 Å². The van der Waals surface area contributed by atoms with Crippen molar-refractivity contribution in [3.05, 3.63) is 82.4 Å². The van der Waals surface area contributed by atoms with Crippen molar-refractivity contribution >= 4 is 40.9 Å². The quantitative estimate of drug-likeness (QED) is 0.545. The van der Waals surface area contributed by atoms with Gasteiger partial charge in [0.25, 0.3) is 5.91 Å². The van der Waals surface area contributed by atoms with Gasteiger partial charge >= 0.3 is 5.97 Å². The summed E-state index contributed by atoms with van der Waals surface area (Å²) >= 11 is 1.43. The Hall–Kier alpha value is -3.58. The molecule has 0 atom stereocenters. The highest BCUT2D eigenvalue weighted by Gasteiger charge is 2.30. The number of hydrogen-bond donors (Lipinski definition) is 1. The van der Waals surface area contributed by atoms with Crippen molar-refractivity contribution < 1.29 is 19.1 Å². The number of benzene rings is 3. The predicted molar refractivity (Wildman–Crippen MR) is 129 cm³/mol. The molecule has 1 heterocycles. The standard InChI is InChI=1S/C26H24N2O4S/c1-15-11-16(2)24(17(3)12-15)27-23(29)14-28-20-13-18(26(31)32-4)9-10-22(20)33-21-8-6-5-7-19(21)25(28)30/h5-13H,14H2,1-4H3,(H,27,29). The number of nitrogens with zero attached hydrogens (tertiary/aromatic N) is 1. The number of nitrogens with one attached hydrogen (secondary N) is 1. The number of ether oxygens (including phenoxy) is 1. The number of anilines is 2. The van der Waals surface area contributed by atoms with E-state index >= 15 is 0 Å². The van der Waals surface area contributed by atoms with Crippen molar-refractivity contribution in [1.82, 2.24) is 0 Å². The lowest BCUT2D eigenvalue weighted by molar-refractivity contribution is -0.114. The van der Waals surface area contributed by atoms with E-state index in [1.165, 1.54) is 23.8 Å². The summed E-state index contributed by atoms with van der Waals surface area (Å²) in [5, 5.41) is 2.97. The summed E-state index contributed by atoms with van der Waals surface area (Å²) in [6, 6.07) is 16.3.